The van der Waals surface area contributed by atoms with Crippen LogP contribution in [0.2, 0.25) is 0 Å². The number of carbonyl (C=O) groups is 1. The molecule has 0 aliphatic rings. The molecule has 0 aromatic heterocycles. The second-order valence-corrected chi connectivity index (χ2v) is 5.03. The number of hydrogen-bond acceptors (Lipinski definition) is 2. The van der Waals surface area contributed by atoms with Crippen molar-refractivity contribution >= 4 is 17.3 Å². The van der Waals surface area contributed by atoms with E-state index in [1.165, 1.54) is 13.0 Å². The molecule has 0 heterocycles. The van der Waals surface area contributed by atoms with Crippen LogP contribution in [0.3, 0.4) is 0 Å². The second kappa shape index (κ2) is 5.52. The monoisotopic (exact) mass is 290 g/mol. The molecule has 3 nitrogen and oxygen atoms in total. The van der Waals surface area contributed by atoms with Crippen molar-refractivity contribution in [3.63, 3.8) is 0 Å². The first kappa shape index (κ1) is 15.0. The number of nitrogen functional groups attached to an aromatic ring is 1. The fourth-order valence-electron chi connectivity index (χ4n) is 2.00. The summed E-state index contributed by atoms with van der Waals surface area (Å²) >= 11 is 0. The molecule has 2 aromatic carbocycles. The zero-order valence-electron chi connectivity index (χ0n) is 12.1. The smallest absolute Gasteiger partial charge is 0.261 e. The molecule has 0 fully saturated rings. The van der Waals surface area contributed by atoms with Gasteiger partial charge in [0.1, 0.15) is 17.2 Å². The Morgan fingerprint density at radius 3 is 2.33 bits per heavy atom. The van der Waals surface area contributed by atoms with Gasteiger partial charge in [0.05, 0.1) is 11.4 Å². The zero-order chi connectivity index (χ0) is 15.7. The summed E-state index contributed by atoms with van der Waals surface area (Å²) in [6.07, 6.45) is 0. The van der Waals surface area contributed by atoms with Gasteiger partial charge in [-0.2, -0.15) is 0 Å². The molecule has 21 heavy (non-hydrogen) atoms. The molecule has 0 saturated carbocycles. The summed E-state index contributed by atoms with van der Waals surface area (Å²) in [5, 5.41) is 2.46. The third-order valence-corrected chi connectivity index (χ3v) is 3.43. The van der Waals surface area contributed by atoms with Crippen LogP contribution in [0.4, 0.5) is 20.2 Å². The van der Waals surface area contributed by atoms with Crippen LogP contribution in [-0.2, 0) is 0 Å². The van der Waals surface area contributed by atoms with Crippen molar-refractivity contribution in [1.82, 2.24) is 0 Å². The van der Waals surface area contributed by atoms with E-state index < -0.39 is 23.1 Å². The average molecular weight is 290 g/mol. The van der Waals surface area contributed by atoms with Crippen molar-refractivity contribution < 1.29 is 13.6 Å². The van der Waals surface area contributed by atoms with Crippen LogP contribution in [0.25, 0.3) is 0 Å². The molecular weight excluding hydrogens is 274 g/mol. The van der Waals surface area contributed by atoms with Gasteiger partial charge in [0.25, 0.3) is 5.91 Å². The Morgan fingerprint density at radius 2 is 1.67 bits per heavy atom. The van der Waals surface area contributed by atoms with Crippen LogP contribution in [0.15, 0.2) is 24.3 Å². The number of aryl methyl sites for hydroxylation is 3. The van der Waals surface area contributed by atoms with Crippen LogP contribution >= 0.6 is 0 Å². The molecule has 0 saturated heterocycles. The minimum atomic E-state index is -0.905. The van der Waals surface area contributed by atoms with Crippen molar-refractivity contribution in [2.24, 2.45) is 0 Å². The number of halogens is 2. The quantitative estimate of drug-likeness (QED) is 0.828. The van der Waals surface area contributed by atoms with E-state index >= 15 is 0 Å². The SMILES string of the molecule is Cc1cc(N)c(NC(=O)c2c(F)ccc(C)c2F)cc1C. The summed E-state index contributed by atoms with van der Waals surface area (Å²) in [7, 11) is 0. The number of nitrogens with one attached hydrogen (secondary N) is 1. The lowest BCUT2D eigenvalue weighted by molar-refractivity contribution is 0.101. The fraction of sp³-hybridized carbons (Fsp3) is 0.188. The Hall–Kier alpha value is -2.43. The minimum absolute atomic E-state index is 0.203. The first-order valence-corrected chi connectivity index (χ1v) is 6.44. The first-order valence-electron chi connectivity index (χ1n) is 6.44. The van der Waals surface area contributed by atoms with Gasteiger partial charge in [-0.25, -0.2) is 8.78 Å². The number of amides is 1. The third kappa shape index (κ3) is 2.86. The molecule has 110 valence electrons. The van der Waals surface area contributed by atoms with Gasteiger partial charge in [0.2, 0.25) is 0 Å². The lowest BCUT2D eigenvalue weighted by Crippen LogP contribution is -2.17. The van der Waals surface area contributed by atoms with Gasteiger partial charge in [-0.3, -0.25) is 4.79 Å². The molecule has 2 rings (SSSR count). The number of hydrogen-bond donors (Lipinski definition) is 2. The van der Waals surface area contributed by atoms with Crippen molar-refractivity contribution in [3.8, 4) is 0 Å². The first-order chi connectivity index (χ1) is 9.81. The fourth-order valence-corrected chi connectivity index (χ4v) is 2.00. The Bertz CT molecular complexity index is 727. The molecule has 5 heteroatoms. The number of nitrogens with two attached hydrogens (primary N) is 1. The molecule has 1 amide bonds. The second-order valence-electron chi connectivity index (χ2n) is 5.03. The number of benzene rings is 2. The highest BCUT2D eigenvalue weighted by Crippen LogP contribution is 2.25. The van der Waals surface area contributed by atoms with Crippen LogP contribution in [0.1, 0.15) is 27.0 Å². The van der Waals surface area contributed by atoms with E-state index in [9.17, 15) is 13.6 Å². The van der Waals surface area contributed by atoms with E-state index in [0.717, 1.165) is 17.2 Å². The van der Waals surface area contributed by atoms with E-state index in [4.69, 9.17) is 5.73 Å². The Morgan fingerprint density at radius 1 is 1.05 bits per heavy atom. The molecule has 0 unspecified atom stereocenters. The van der Waals surface area contributed by atoms with Gasteiger partial charge >= 0.3 is 0 Å². The molecule has 0 spiro atoms. The van der Waals surface area contributed by atoms with Crippen LogP contribution in [0.5, 0.6) is 0 Å². The van der Waals surface area contributed by atoms with Gasteiger partial charge in [-0.05, 0) is 55.7 Å². The Balaban J connectivity index is 2.40. The summed E-state index contributed by atoms with van der Waals surface area (Å²) in [6, 6.07) is 5.73. The standard InChI is InChI=1S/C16H16F2N2O/c1-8-4-5-11(17)14(15(8)18)16(21)20-13-7-10(3)9(2)6-12(13)19/h4-7H,19H2,1-3H3,(H,20,21). The maximum absolute atomic E-state index is 13.9. The maximum Gasteiger partial charge on any atom is 0.261 e. The minimum Gasteiger partial charge on any atom is -0.397 e. The number of rotatable bonds is 2. The summed E-state index contributed by atoms with van der Waals surface area (Å²) < 4.78 is 27.6. The number of anilines is 2. The van der Waals surface area contributed by atoms with Crippen molar-refractivity contribution in [2.75, 3.05) is 11.1 Å². The molecule has 0 aliphatic heterocycles. The predicted molar refractivity (Wildman–Crippen MR) is 79.4 cm³/mol. The highest BCUT2D eigenvalue weighted by Gasteiger charge is 2.20. The van der Waals surface area contributed by atoms with Gasteiger partial charge < -0.3 is 11.1 Å². The number of carbonyl (C=O) groups excluding carboxylic acids is 1. The summed E-state index contributed by atoms with van der Waals surface area (Å²) in [5.74, 6) is -2.63. The molecule has 0 radical (unpaired) electrons. The van der Waals surface area contributed by atoms with Crippen LogP contribution in [0, 0.1) is 32.4 Å². The lowest BCUT2D eigenvalue weighted by Gasteiger charge is -2.12. The van der Waals surface area contributed by atoms with E-state index in [2.05, 4.69) is 5.32 Å². The summed E-state index contributed by atoms with van der Waals surface area (Å²) in [4.78, 5) is 12.1. The molecule has 3 N–H and O–H groups in total. The van der Waals surface area contributed by atoms with E-state index in [0.29, 0.717) is 11.4 Å². The van der Waals surface area contributed by atoms with Crippen LogP contribution in [-0.4, -0.2) is 5.91 Å². The topological polar surface area (TPSA) is 55.1 Å². The molecule has 0 atom stereocenters. The normalized spacial score (nSPS) is 10.5. The van der Waals surface area contributed by atoms with Gasteiger partial charge in [0.15, 0.2) is 0 Å². The highest BCUT2D eigenvalue weighted by atomic mass is 19.1. The largest absolute Gasteiger partial charge is 0.397 e. The third-order valence-electron chi connectivity index (χ3n) is 3.43. The van der Waals surface area contributed by atoms with Crippen molar-refractivity contribution in [3.05, 3.63) is 58.2 Å². The van der Waals surface area contributed by atoms with Crippen LogP contribution < -0.4 is 11.1 Å². The van der Waals surface area contributed by atoms with Gasteiger partial charge in [-0.15, -0.1) is 0 Å². The average Bonchev–Trinajstić information content (AvgIpc) is 2.41. The van der Waals surface area contributed by atoms with Gasteiger partial charge in [0, 0.05) is 0 Å². The van der Waals surface area contributed by atoms with E-state index in [1.54, 1.807) is 12.1 Å². The summed E-state index contributed by atoms with van der Waals surface area (Å²) in [6.45, 7) is 5.21. The van der Waals surface area contributed by atoms with Crippen molar-refractivity contribution in [1.29, 1.82) is 0 Å². The van der Waals surface area contributed by atoms with E-state index in [1.807, 2.05) is 13.8 Å². The molecule has 0 bridgehead atoms. The Kier molecular flexibility index (Phi) is 3.93. The molecular formula is C16H16F2N2O. The predicted octanol–water partition coefficient (Wildman–Crippen LogP) is 3.72. The zero-order valence-corrected chi connectivity index (χ0v) is 12.1. The Labute approximate surface area is 121 Å². The van der Waals surface area contributed by atoms with Crippen molar-refractivity contribution in [2.45, 2.75) is 20.8 Å². The highest BCUT2D eigenvalue weighted by molar-refractivity contribution is 6.06. The molecule has 0 aliphatic carbocycles. The molecule has 2 aromatic rings. The summed E-state index contributed by atoms with van der Waals surface area (Å²) in [5.41, 5.74) is 8.00. The van der Waals surface area contributed by atoms with E-state index in [-0.39, 0.29) is 5.56 Å². The van der Waals surface area contributed by atoms with Gasteiger partial charge in [-0.1, -0.05) is 6.07 Å². The maximum atomic E-state index is 13.9. The lowest BCUT2D eigenvalue weighted by atomic mass is 10.1.